The lowest BCUT2D eigenvalue weighted by atomic mass is 10.2. The standard InChI is InChI=1S/C11H11F5S/c12-10(13,11(14,15)16)6-7-17-8-9-4-2-1-3-5-9/h1-5H,6-8H2. The highest BCUT2D eigenvalue weighted by molar-refractivity contribution is 7.98. The van der Waals surface area contributed by atoms with Crippen molar-refractivity contribution in [1.29, 1.82) is 0 Å². The minimum Gasteiger partial charge on any atom is -0.196 e. The summed E-state index contributed by atoms with van der Waals surface area (Å²) in [4.78, 5) is 0. The van der Waals surface area contributed by atoms with Gasteiger partial charge >= 0.3 is 12.1 Å². The third kappa shape index (κ3) is 4.53. The van der Waals surface area contributed by atoms with Gasteiger partial charge in [-0.2, -0.15) is 33.7 Å². The Morgan fingerprint density at radius 1 is 0.941 bits per heavy atom. The maximum atomic E-state index is 12.5. The molecule has 0 unspecified atom stereocenters. The normalized spacial score (nSPS) is 12.8. The highest BCUT2D eigenvalue weighted by Crippen LogP contribution is 2.38. The molecule has 1 aromatic rings. The zero-order chi connectivity index (χ0) is 12.9. The van der Waals surface area contributed by atoms with Gasteiger partial charge in [0.15, 0.2) is 0 Å². The minimum absolute atomic E-state index is 0.221. The second kappa shape index (κ2) is 5.71. The van der Waals surface area contributed by atoms with E-state index in [2.05, 4.69) is 0 Å². The summed E-state index contributed by atoms with van der Waals surface area (Å²) >= 11 is 1.07. The Morgan fingerprint density at radius 3 is 2.06 bits per heavy atom. The lowest BCUT2D eigenvalue weighted by molar-refractivity contribution is -0.282. The molecule has 1 rings (SSSR count). The maximum Gasteiger partial charge on any atom is 0.453 e. The molecule has 6 heteroatoms. The molecular weight excluding hydrogens is 259 g/mol. The molecule has 0 saturated heterocycles. The second-order valence-corrected chi connectivity index (χ2v) is 4.60. The topological polar surface area (TPSA) is 0 Å². The van der Waals surface area contributed by atoms with Gasteiger partial charge in [0.25, 0.3) is 0 Å². The van der Waals surface area contributed by atoms with Crippen molar-refractivity contribution in [2.75, 3.05) is 5.75 Å². The molecule has 0 aliphatic rings. The summed E-state index contributed by atoms with van der Waals surface area (Å²) in [6, 6.07) is 9.00. The van der Waals surface area contributed by atoms with Crippen LogP contribution in [-0.4, -0.2) is 17.9 Å². The predicted molar refractivity (Wildman–Crippen MR) is 58.2 cm³/mol. The average molecular weight is 270 g/mol. The number of rotatable bonds is 5. The van der Waals surface area contributed by atoms with Crippen molar-refractivity contribution in [3.63, 3.8) is 0 Å². The fourth-order valence-electron chi connectivity index (χ4n) is 1.11. The van der Waals surface area contributed by atoms with Gasteiger partial charge in [0.1, 0.15) is 0 Å². The van der Waals surface area contributed by atoms with Crippen molar-refractivity contribution in [3.8, 4) is 0 Å². The van der Waals surface area contributed by atoms with E-state index in [1.54, 1.807) is 24.3 Å². The molecule has 96 valence electrons. The van der Waals surface area contributed by atoms with Crippen LogP contribution in [0.25, 0.3) is 0 Å². The Hall–Kier alpha value is -0.780. The number of halogens is 5. The fraction of sp³-hybridized carbons (Fsp3) is 0.455. The van der Waals surface area contributed by atoms with E-state index in [-0.39, 0.29) is 5.75 Å². The van der Waals surface area contributed by atoms with E-state index in [0.717, 1.165) is 17.3 Å². The molecule has 0 nitrogen and oxygen atoms in total. The fourth-order valence-corrected chi connectivity index (χ4v) is 2.08. The van der Waals surface area contributed by atoms with Crippen molar-refractivity contribution < 1.29 is 22.0 Å². The van der Waals surface area contributed by atoms with Gasteiger partial charge in [-0.3, -0.25) is 0 Å². The molecular formula is C11H11F5S. The highest BCUT2D eigenvalue weighted by Gasteiger charge is 2.56. The number of hydrogen-bond acceptors (Lipinski definition) is 1. The van der Waals surface area contributed by atoms with Gasteiger partial charge in [0, 0.05) is 12.2 Å². The summed E-state index contributed by atoms with van der Waals surface area (Å²) in [6.45, 7) is 0. The maximum absolute atomic E-state index is 12.5. The monoisotopic (exact) mass is 270 g/mol. The highest BCUT2D eigenvalue weighted by atomic mass is 32.2. The molecule has 0 aliphatic carbocycles. The van der Waals surface area contributed by atoms with Crippen molar-refractivity contribution in [1.82, 2.24) is 0 Å². The molecule has 0 bridgehead atoms. The molecule has 17 heavy (non-hydrogen) atoms. The number of alkyl halides is 5. The molecule has 0 heterocycles. The molecule has 0 aromatic heterocycles. The first kappa shape index (κ1) is 14.3. The number of thioether (sulfide) groups is 1. The first-order chi connectivity index (χ1) is 7.83. The molecule has 0 amide bonds. The van der Waals surface area contributed by atoms with E-state index >= 15 is 0 Å². The van der Waals surface area contributed by atoms with Crippen LogP contribution in [0.2, 0.25) is 0 Å². The van der Waals surface area contributed by atoms with E-state index < -0.39 is 18.5 Å². The van der Waals surface area contributed by atoms with Crippen LogP contribution in [0.3, 0.4) is 0 Å². The van der Waals surface area contributed by atoms with Gasteiger partial charge in [0.2, 0.25) is 0 Å². The Bertz CT molecular complexity index is 333. The molecule has 0 spiro atoms. The summed E-state index contributed by atoms with van der Waals surface area (Å²) in [6.07, 6.45) is -6.62. The van der Waals surface area contributed by atoms with Crippen LogP contribution in [0, 0.1) is 0 Å². The Kier molecular flexibility index (Phi) is 4.80. The van der Waals surface area contributed by atoms with Crippen LogP contribution in [0.4, 0.5) is 22.0 Å². The van der Waals surface area contributed by atoms with Crippen LogP contribution >= 0.6 is 11.8 Å². The van der Waals surface area contributed by atoms with Crippen LogP contribution < -0.4 is 0 Å². The van der Waals surface area contributed by atoms with Crippen molar-refractivity contribution >= 4 is 11.8 Å². The van der Waals surface area contributed by atoms with Crippen LogP contribution in [-0.2, 0) is 5.75 Å². The van der Waals surface area contributed by atoms with Crippen LogP contribution in [0.5, 0.6) is 0 Å². The summed E-state index contributed by atoms with van der Waals surface area (Å²) in [5.74, 6) is -4.37. The summed E-state index contributed by atoms with van der Waals surface area (Å²) in [7, 11) is 0. The van der Waals surface area contributed by atoms with Crippen molar-refractivity contribution in [2.45, 2.75) is 24.3 Å². The zero-order valence-electron chi connectivity index (χ0n) is 8.81. The largest absolute Gasteiger partial charge is 0.453 e. The quantitative estimate of drug-likeness (QED) is 0.560. The third-order valence-electron chi connectivity index (χ3n) is 2.09. The average Bonchev–Trinajstić information content (AvgIpc) is 2.24. The summed E-state index contributed by atoms with van der Waals surface area (Å²) in [5.41, 5.74) is 0.910. The summed E-state index contributed by atoms with van der Waals surface area (Å²) < 4.78 is 60.5. The van der Waals surface area contributed by atoms with E-state index in [4.69, 9.17) is 0 Å². The first-order valence-electron chi connectivity index (χ1n) is 4.89. The third-order valence-corrected chi connectivity index (χ3v) is 3.12. The van der Waals surface area contributed by atoms with E-state index in [0.29, 0.717) is 5.75 Å². The van der Waals surface area contributed by atoms with Gasteiger partial charge in [-0.1, -0.05) is 30.3 Å². The number of benzene rings is 1. The van der Waals surface area contributed by atoms with Crippen LogP contribution in [0.1, 0.15) is 12.0 Å². The van der Waals surface area contributed by atoms with Gasteiger partial charge in [-0.05, 0) is 11.3 Å². The first-order valence-corrected chi connectivity index (χ1v) is 6.04. The van der Waals surface area contributed by atoms with Crippen LogP contribution in [0.15, 0.2) is 30.3 Å². The van der Waals surface area contributed by atoms with E-state index in [1.807, 2.05) is 6.07 Å². The van der Waals surface area contributed by atoms with Gasteiger partial charge in [-0.25, -0.2) is 0 Å². The molecule has 0 fully saturated rings. The molecule has 0 radical (unpaired) electrons. The minimum atomic E-state index is -5.44. The summed E-state index contributed by atoms with van der Waals surface area (Å²) in [5, 5.41) is 0. The SMILES string of the molecule is FC(F)(F)C(F)(F)CCSCc1ccccc1. The Balaban J connectivity index is 2.30. The lowest BCUT2D eigenvalue weighted by Gasteiger charge is -2.18. The second-order valence-electron chi connectivity index (χ2n) is 3.49. The Morgan fingerprint density at radius 2 is 1.53 bits per heavy atom. The predicted octanol–water partition coefficient (Wildman–Crippen LogP) is 4.51. The van der Waals surface area contributed by atoms with E-state index in [9.17, 15) is 22.0 Å². The van der Waals surface area contributed by atoms with Crippen molar-refractivity contribution in [3.05, 3.63) is 35.9 Å². The molecule has 0 aliphatic heterocycles. The molecule has 0 N–H and O–H groups in total. The lowest BCUT2D eigenvalue weighted by Crippen LogP contribution is -2.36. The smallest absolute Gasteiger partial charge is 0.196 e. The Labute approximate surface area is 100 Å². The molecule has 1 aromatic carbocycles. The zero-order valence-corrected chi connectivity index (χ0v) is 9.62. The van der Waals surface area contributed by atoms with Gasteiger partial charge in [0.05, 0.1) is 0 Å². The molecule has 0 saturated carbocycles. The van der Waals surface area contributed by atoms with Crippen molar-refractivity contribution in [2.24, 2.45) is 0 Å². The van der Waals surface area contributed by atoms with Gasteiger partial charge in [-0.15, -0.1) is 0 Å². The van der Waals surface area contributed by atoms with Gasteiger partial charge < -0.3 is 0 Å². The number of hydrogen-bond donors (Lipinski definition) is 0. The van der Waals surface area contributed by atoms with E-state index in [1.165, 1.54) is 0 Å². The molecule has 0 atom stereocenters.